The van der Waals surface area contributed by atoms with Gasteiger partial charge >= 0.3 is 12.0 Å². The number of hydrogen-bond donors (Lipinski definition) is 2. The van der Waals surface area contributed by atoms with Gasteiger partial charge in [0, 0.05) is 19.5 Å². The second-order valence-electron chi connectivity index (χ2n) is 5.13. The average molecular weight is 270 g/mol. The van der Waals surface area contributed by atoms with Gasteiger partial charge in [0.2, 0.25) is 5.91 Å². The molecule has 2 N–H and O–H groups in total. The van der Waals surface area contributed by atoms with Gasteiger partial charge in [-0.05, 0) is 24.7 Å². The van der Waals surface area contributed by atoms with Gasteiger partial charge in [0.1, 0.15) is 0 Å². The number of hydrogen-bond acceptors (Lipinski definition) is 3. The van der Waals surface area contributed by atoms with Gasteiger partial charge in [-0.3, -0.25) is 14.9 Å². The summed E-state index contributed by atoms with van der Waals surface area (Å²) < 4.78 is 0. The summed E-state index contributed by atoms with van der Waals surface area (Å²) in [6.45, 7) is 5.55. The topological polar surface area (TPSA) is 86.7 Å². The monoisotopic (exact) mass is 270 g/mol. The lowest BCUT2D eigenvalue weighted by molar-refractivity contribution is -0.138. The molecule has 0 unspecified atom stereocenters. The molecule has 0 aromatic rings. The quantitative estimate of drug-likeness (QED) is 0.794. The van der Waals surface area contributed by atoms with Crippen LogP contribution in [-0.4, -0.2) is 41.0 Å². The number of likely N-dealkylation sites (tertiary alicyclic amines) is 1. The fraction of sp³-hybridized carbons (Fsp3) is 0.769. The van der Waals surface area contributed by atoms with E-state index in [0.29, 0.717) is 13.1 Å². The first-order chi connectivity index (χ1) is 8.92. The highest BCUT2D eigenvalue weighted by atomic mass is 16.4. The summed E-state index contributed by atoms with van der Waals surface area (Å²) >= 11 is 0. The number of amides is 3. The van der Waals surface area contributed by atoms with Crippen LogP contribution in [-0.2, 0) is 9.59 Å². The summed E-state index contributed by atoms with van der Waals surface area (Å²) in [4.78, 5) is 35.2. The van der Waals surface area contributed by atoms with Crippen molar-refractivity contribution < 1.29 is 19.5 Å². The zero-order valence-electron chi connectivity index (χ0n) is 11.6. The fourth-order valence-electron chi connectivity index (χ4n) is 2.42. The molecule has 108 valence electrons. The van der Waals surface area contributed by atoms with E-state index >= 15 is 0 Å². The molecule has 6 nitrogen and oxygen atoms in total. The lowest BCUT2D eigenvalue weighted by Gasteiger charge is -2.26. The third-order valence-corrected chi connectivity index (χ3v) is 4.04. The van der Waals surface area contributed by atoms with Crippen LogP contribution in [0.5, 0.6) is 0 Å². The Morgan fingerprint density at radius 3 is 2.32 bits per heavy atom. The predicted octanol–water partition coefficient (Wildman–Crippen LogP) is 1.60. The molecule has 0 atom stereocenters. The lowest BCUT2D eigenvalue weighted by Crippen LogP contribution is -2.42. The normalized spacial score (nSPS) is 17.3. The molecule has 1 aliphatic heterocycles. The first-order valence-corrected chi connectivity index (χ1v) is 6.73. The molecule has 1 rings (SSSR count). The summed E-state index contributed by atoms with van der Waals surface area (Å²) in [6.07, 6.45) is 2.56. The number of urea groups is 1. The maximum Gasteiger partial charge on any atom is 0.324 e. The number of rotatable bonds is 5. The number of carbonyl (C=O) groups excluding carboxylic acids is 2. The highest BCUT2D eigenvalue weighted by molar-refractivity contribution is 5.95. The zero-order chi connectivity index (χ0) is 14.5. The SMILES string of the molecule is CCC1(CC)CCN(C(=O)NC(=O)CCC(=O)O)C1. The van der Waals surface area contributed by atoms with Crippen LogP contribution in [0.15, 0.2) is 0 Å². The number of nitrogens with one attached hydrogen (secondary N) is 1. The van der Waals surface area contributed by atoms with E-state index in [2.05, 4.69) is 19.2 Å². The predicted molar refractivity (Wildman–Crippen MR) is 69.6 cm³/mol. The van der Waals surface area contributed by atoms with E-state index in [1.165, 1.54) is 0 Å². The molecule has 1 saturated heterocycles. The lowest BCUT2D eigenvalue weighted by atomic mass is 9.82. The third-order valence-electron chi connectivity index (χ3n) is 4.04. The average Bonchev–Trinajstić information content (AvgIpc) is 2.81. The van der Waals surface area contributed by atoms with E-state index in [9.17, 15) is 14.4 Å². The van der Waals surface area contributed by atoms with Crippen molar-refractivity contribution in [1.82, 2.24) is 10.2 Å². The number of nitrogens with zero attached hydrogens (tertiary/aromatic N) is 1. The standard InChI is InChI=1S/C13H22N2O4/c1-3-13(4-2)7-8-15(9-13)12(19)14-10(16)5-6-11(17)18/h3-9H2,1-2H3,(H,17,18)(H,14,16,19). The molecule has 0 saturated carbocycles. The zero-order valence-corrected chi connectivity index (χ0v) is 11.6. The van der Waals surface area contributed by atoms with Crippen LogP contribution in [0, 0.1) is 5.41 Å². The van der Waals surface area contributed by atoms with Crippen LogP contribution in [0.1, 0.15) is 46.0 Å². The van der Waals surface area contributed by atoms with Crippen LogP contribution >= 0.6 is 0 Å². The molecular formula is C13H22N2O4. The van der Waals surface area contributed by atoms with Crippen molar-refractivity contribution in [2.24, 2.45) is 5.41 Å². The Labute approximate surface area is 113 Å². The number of carboxylic acid groups (broad SMARTS) is 1. The first kappa shape index (κ1) is 15.5. The van der Waals surface area contributed by atoms with Gasteiger partial charge in [0.15, 0.2) is 0 Å². The number of imide groups is 1. The Balaban J connectivity index is 2.43. The fourth-order valence-corrected chi connectivity index (χ4v) is 2.42. The summed E-state index contributed by atoms with van der Waals surface area (Å²) in [6, 6.07) is -0.404. The van der Waals surface area contributed by atoms with Crippen molar-refractivity contribution in [2.75, 3.05) is 13.1 Å². The Kier molecular flexibility index (Phi) is 5.32. The Bertz CT molecular complexity index is 364. The molecule has 1 aliphatic rings. The van der Waals surface area contributed by atoms with E-state index in [0.717, 1.165) is 19.3 Å². The number of aliphatic carboxylic acids is 1. The third kappa shape index (κ3) is 4.22. The molecule has 3 amide bonds. The van der Waals surface area contributed by atoms with E-state index in [4.69, 9.17) is 5.11 Å². The van der Waals surface area contributed by atoms with Crippen molar-refractivity contribution in [1.29, 1.82) is 0 Å². The molecule has 19 heavy (non-hydrogen) atoms. The molecule has 1 fully saturated rings. The molecule has 0 aromatic carbocycles. The van der Waals surface area contributed by atoms with Gasteiger partial charge < -0.3 is 10.0 Å². The highest BCUT2D eigenvalue weighted by Crippen LogP contribution is 2.36. The van der Waals surface area contributed by atoms with Crippen molar-refractivity contribution >= 4 is 17.9 Å². The molecule has 1 heterocycles. The Morgan fingerprint density at radius 2 is 1.84 bits per heavy atom. The minimum atomic E-state index is -1.04. The number of carbonyl (C=O) groups is 3. The summed E-state index contributed by atoms with van der Waals surface area (Å²) in [5.41, 5.74) is 0.168. The molecule has 6 heteroatoms. The van der Waals surface area contributed by atoms with Crippen LogP contribution in [0.25, 0.3) is 0 Å². The minimum absolute atomic E-state index is 0.165. The first-order valence-electron chi connectivity index (χ1n) is 6.73. The van der Waals surface area contributed by atoms with Gasteiger partial charge in [0.05, 0.1) is 6.42 Å². The molecule has 0 spiro atoms. The molecule has 0 radical (unpaired) electrons. The largest absolute Gasteiger partial charge is 0.481 e. The van der Waals surface area contributed by atoms with Gasteiger partial charge in [-0.1, -0.05) is 13.8 Å². The van der Waals surface area contributed by atoms with E-state index in [-0.39, 0.29) is 18.3 Å². The molecule has 0 bridgehead atoms. The Hall–Kier alpha value is -1.59. The van der Waals surface area contributed by atoms with Gasteiger partial charge in [-0.25, -0.2) is 4.79 Å². The van der Waals surface area contributed by atoms with Crippen LogP contribution in [0.2, 0.25) is 0 Å². The van der Waals surface area contributed by atoms with E-state index < -0.39 is 17.9 Å². The van der Waals surface area contributed by atoms with Crippen LogP contribution in [0.3, 0.4) is 0 Å². The van der Waals surface area contributed by atoms with Crippen molar-refractivity contribution in [2.45, 2.75) is 46.0 Å². The maximum atomic E-state index is 11.9. The molecule has 0 aliphatic carbocycles. The van der Waals surface area contributed by atoms with Gasteiger partial charge in [-0.15, -0.1) is 0 Å². The molecular weight excluding hydrogens is 248 g/mol. The van der Waals surface area contributed by atoms with Gasteiger partial charge in [0.25, 0.3) is 0 Å². The summed E-state index contributed by atoms with van der Waals surface area (Å²) in [5.74, 6) is -1.57. The van der Waals surface area contributed by atoms with Crippen molar-refractivity contribution in [3.63, 3.8) is 0 Å². The van der Waals surface area contributed by atoms with Crippen LogP contribution < -0.4 is 5.32 Å². The highest BCUT2D eigenvalue weighted by Gasteiger charge is 2.37. The van der Waals surface area contributed by atoms with E-state index in [1.807, 2.05) is 0 Å². The minimum Gasteiger partial charge on any atom is -0.481 e. The molecule has 0 aromatic heterocycles. The summed E-state index contributed by atoms with van der Waals surface area (Å²) in [5, 5.41) is 10.7. The van der Waals surface area contributed by atoms with Crippen molar-refractivity contribution in [3.8, 4) is 0 Å². The smallest absolute Gasteiger partial charge is 0.324 e. The number of carboxylic acids is 1. The second kappa shape index (κ2) is 6.54. The second-order valence-corrected chi connectivity index (χ2v) is 5.13. The van der Waals surface area contributed by atoms with Crippen LogP contribution in [0.4, 0.5) is 4.79 Å². The van der Waals surface area contributed by atoms with Crippen molar-refractivity contribution in [3.05, 3.63) is 0 Å². The van der Waals surface area contributed by atoms with E-state index in [1.54, 1.807) is 4.90 Å². The summed E-state index contributed by atoms with van der Waals surface area (Å²) in [7, 11) is 0. The maximum absolute atomic E-state index is 11.9. The Morgan fingerprint density at radius 1 is 1.21 bits per heavy atom. The van der Waals surface area contributed by atoms with Gasteiger partial charge in [-0.2, -0.15) is 0 Å².